The number of nitrogens with one attached hydrogen (secondary N) is 1. The van der Waals surface area contributed by atoms with E-state index in [9.17, 15) is 4.79 Å². The fourth-order valence-electron chi connectivity index (χ4n) is 2.41. The Bertz CT molecular complexity index is 674. The Morgan fingerprint density at radius 3 is 2.43 bits per heavy atom. The molecular weight excluding hydrogens is 270 g/mol. The van der Waals surface area contributed by atoms with Crippen molar-refractivity contribution in [2.24, 2.45) is 0 Å². The second kappa shape index (κ2) is 5.31. The molecule has 0 radical (unpaired) electrons. The smallest absolute Gasteiger partial charge is 0.276 e. The third-order valence-electron chi connectivity index (χ3n) is 3.58. The van der Waals surface area contributed by atoms with Crippen molar-refractivity contribution in [2.45, 2.75) is 0 Å². The molecule has 0 unspecified atom stereocenters. The predicted octanol–water partition coefficient (Wildman–Crippen LogP) is -0.344. The van der Waals surface area contributed by atoms with Gasteiger partial charge in [0.2, 0.25) is 0 Å². The molecule has 8 heteroatoms. The fourth-order valence-corrected chi connectivity index (χ4v) is 2.41. The lowest BCUT2D eigenvalue weighted by Gasteiger charge is -2.36. The fraction of sp³-hybridized carbons (Fsp3) is 0.308. The zero-order valence-electron chi connectivity index (χ0n) is 11.5. The molecule has 8 nitrogen and oxygen atoms in total. The van der Waals surface area contributed by atoms with E-state index in [1.165, 1.54) is 6.33 Å². The molecule has 3 heterocycles. The molecule has 0 saturated carbocycles. The standard InChI is InChI=1S/C13H17N7O/c14-10-2-1-9(7-16-10)19-3-5-20(6-4-19)12-11(15)13(21)18-8-17-12/h1-2,7-8H,3-6,15H2,(H2,14,16)(H,17,18,21). The quantitative estimate of drug-likeness (QED) is 0.691. The first-order valence-electron chi connectivity index (χ1n) is 6.70. The first-order valence-corrected chi connectivity index (χ1v) is 6.70. The molecule has 21 heavy (non-hydrogen) atoms. The van der Waals surface area contributed by atoms with Crippen LogP contribution in [-0.4, -0.2) is 41.1 Å². The summed E-state index contributed by atoms with van der Waals surface area (Å²) in [5, 5.41) is 0. The Hall–Kier alpha value is -2.77. The molecule has 0 atom stereocenters. The van der Waals surface area contributed by atoms with Crippen LogP contribution < -0.4 is 26.8 Å². The van der Waals surface area contributed by atoms with Gasteiger partial charge in [-0.25, -0.2) is 9.97 Å². The van der Waals surface area contributed by atoms with Crippen LogP contribution in [0, 0.1) is 0 Å². The second-order valence-corrected chi connectivity index (χ2v) is 4.88. The summed E-state index contributed by atoms with van der Waals surface area (Å²) in [6, 6.07) is 3.75. The van der Waals surface area contributed by atoms with Crippen molar-refractivity contribution in [3.8, 4) is 0 Å². The highest BCUT2D eigenvalue weighted by molar-refractivity contribution is 5.62. The molecule has 1 saturated heterocycles. The van der Waals surface area contributed by atoms with E-state index >= 15 is 0 Å². The van der Waals surface area contributed by atoms with Gasteiger partial charge in [-0.2, -0.15) is 0 Å². The molecule has 5 N–H and O–H groups in total. The van der Waals surface area contributed by atoms with Crippen LogP contribution in [0.4, 0.5) is 23.0 Å². The lowest BCUT2D eigenvalue weighted by atomic mass is 10.2. The monoisotopic (exact) mass is 287 g/mol. The zero-order chi connectivity index (χ0) is 14.8. The number of H-pyrrole nitrogens is 1. The van der Waals surface area contributed by atoms with Crippen LogP contribution in [0.1, 0.15) is 0 Å². The van der Waals surface area contributed by atoms with Gasteiger partial charge in [0.25, 0.3) is 5.56 Å². The van der Waals surface area contributed by atoms with Gasteiger partial charge in [0.05, 0.1) is 18.2 Å². The Morgan fingerprint density at radius 2 is 1.76 bits per heavy atom. The molecular formula is C13H17N7O. The van der Waals surface area contributed by atoms with Crippen molar-refractivity contribution in [2.75, 3.05) is 47.4 Å². The number of pyridine rings is 1. The number of aromatic amines is 1. The van der Waals surface area contributed by atoms with Gasteiger partial charge in [0.1, 0.15) is 11.5 Å². The Morgan fingerprint density at radius 1 is 1.05 bits per heavy atom. The largest absolute Gasteiger partial charge is 0.391 e. The Balaban J connectivity index is 1.71. The van der Waals surface area contributed by atoms with Gasteiger partial charge in [-0.05, 0) is 12.1 Å². The second-order valence-electron chi connectivity index (χ2n) is 4.88. The van der Waals surface area contributed by atoms with Crippen molar-refractivity contribution in [3.63, 3.8) is 0 Å². The summed E-state index contributed by atoms with van der Waals surface area (Å²) in [6.45, 7) is 3.09. The number of hydrogen-bond donors (Lipinski definition) is 3. The van der Waals surface area contributed by atoms with Gasteiger partial charge in [-0.15, -0.1) is 0 Å². The maximum absolute atomic E-state index is 11.5. The molecule has 0 aromatic carbocycles. The summed E-state index contributed by atoms with van der Waals surface area (Å²) >= 11 is 0. The highest BCUT2D eigenvalue weighted by Crippen LogP contribution is 2.20. The predicted molar refractivity (Wildman–Crippen MR) is 82.3 cm³/mol. The maximum atomic E-state index is 11.5. The number of hydrogen-bond acceptors (Lipinski definition) is 7. The molecule has 1 aliphatic rings. The highest BCUT2D eigenvalue weighted by atomic mass is 16.1. The highest BCUT2D eigenvalue weighted by Gasteiger charge is 2.20. The third-order valence-corrected chi connectivity index (χ3v) is 3.58. The SMILES string of the molecule is Nc1ccc(N2CCN(c3nc[nH]c(=O)c3N)CC2)cn1. The molecule has 3 rings (SSSR count). The summed E-state index contributed by atoms with van der Waals surface area (Å²) < 4.78 is 0. The number of rotatable bonds is 2. The molecule has 110 valence electrons. The van der Waals surface area contributed by atoms with Gasteiger partial charge < -0.3 is 26.3 Å². The van der Waals surface area contributed by atoms with Crippen molar-refractivity contribution < 1.29 is 0 Å². The summed E-state index contributed by atoms with van der Waals surface area (Å²) in [6.07, 6.45) is 3.15. The molecule has 0 aliphatic carbocycles. The third kappa shape index (κ3) is 2.60. The number of aromatic nitrogens is 3. The van der Waals surface area contributed by atoms with Gasteiger partial charge in [-0.3, -0.25) is 4.79 Å². The van der Waals surface area contributed by atoms with Crippen LogP contribution in [0.25, 0.3) is 0 Å². The first kappa shape index (κ1) is 13.2. The number of nitrogens with zero attached hydrogens (tertiary/aromatic N) is 4. The van der Waals surface area contributed by atoms with Crippen LogP contribution in [-0.2, 0) is 0 Å². The lowest BCUT2D eigenvalue weighted by molar-refractivity contribution is 0.646. The Kier molecular flexibility index (Phi) is 3.35. The number of piperazine rings is 1. The molecule has 0 bridgehead atoms. The number of anilines is 4. The van der Waals surface area contributed by atoms with Gasteiger partial charge in [0.15, 0.2) is 5.82 Å². The van der Waals surface area contributed by atoms with E-state index in [-0.39, 0.29) is 11.2 Å². The molecule has 0 amide bonds. The van der Waals surface area contributed by atoms with Gasteiger partial charge >= 0.3 is 0 Å². The van der Waals surface area contributed by atoms with Crippen LogP contribution in [0.2, 0.25) is 0 Å². The minimum absolute atomic E-state index is 0.167. The number of nitrogen functional groups attached to an aromatic ring is 2. The summed E-state index contributed by atoms with van der Waals surface area (Å²) in [5.74, 6) is 1.06. The molecule has 1 aliphatic heterocycles. The summed E-state index contributed by atoms with van der Waals surface area (Å²) in [7, 11) is 0. The van der Waals surface area contributed by atoms with Gasteiger partial charge in [-0.1, -0.05) is 0 Å². The average molecular weight is 287 g/mol. The number of nitrogens with two attached hydrogens (primary N) is 2. The van der Waals surface area contributed by atoms with Gasteiger partial charge in [0, 0.05) is 26.2 Å². The van der Waals surface area contributed by atoms with E-state index in [4.69, 9.17) is 11.5 Å². The minimum atomic E-state index is -0.301. The van der Waals surface area contributed by atoms with E-state index in [2.05, 4.69) is 19.9 Å². The first-order chi connectivity index (χ1) is 10.1. The van der Waals surface area contributed by atoms with Crippen LogP contribution in [0.5, 0.6) is 0 Å². The van der Waals surface area contributed by atoms with E-state index < -0.39 is 0 Å². The van der Waals surface area contributed by atoms with E-state index in [0.717, 1.165) is 31.9 Å². The van der Waals surface area contributed by atoms with Crippen molar-refractivity contribution >= 4 is 23.0 Å². The molecule has 0 spiro atoms. The van der Waals surface area contributed by atoms with Crippen molar-refractivity contribution in [3.05, 3.63) is 35.0 Å². The Labute approximate surface area is 121 Å². The maximum Gasteiger partial charge on any atom is 0.276 e. The van der Waals surface area contributed by atoms with E-state index in [1.54, 1.807) is 12.3 Å². The topological polar surface area (TPSA) is 117 Å². The van der Waals surface area contributed by atoms with Crippen molar-refractivity contribution in [1.29, 1.82) is 0 Å². The summed E-state index contributed by atoms with van der Waals surface area (Å²) in [5.41, 5.74) is 12.3. The average Bonchev–Trinajstić information content (AvgIpc) is 2.51. The van der Waals surface area contributed by atoms with Crippen molar-refractivity contribution in [1.82, 2.24) is 15.0 Å². The summed E-state index contributed by atoms with van der Waals surface area (Å²) in [4.78, 5) is 26.5. The van der Waals surface area contributed by atoms with Crippen LogP contribution in [0.15, 0.2) is 29.5 Å². The molecule has 1 fully saturated rings. The lowest BCUT2D eigenvalue weighted by Crippen LogP contribution is -2.47. The normalized spacial score (nSPS) is 15.2. The van der Waals surface area contributed by atoms with E-state index in [0.29, 0.717) is 11.6 Å². The van der Waals surface area contributed by atoms with E-state index in [1.807, 2.05) is 11.0 Å². The van der Waals surface area contributed by atoms with Crippen LogP contribution in [0.3, 0.4) is 0 Å². The minimum Gasteiger partial charge on any atom is -0.391 e. The van der Waals surface area contributed by atoms with Crippen LogP contribution >= 0.6 is 0 Å². The molecule has 2 aromatic rings. The zero-order valence-corrected chi connectivity index (χ0v) is 11.5. The molecule has 2 aromatic heterocycles.